The van der Waals surface area contributed by atoms with Crippen molar-refractivity contribution < 1.29 is 27.5 Å². The highest BCUT2D eigenvalue weighted by Crippen LogP contribution is 2.28. The van der Waals surface area contributed by atoms with Gasteiger partial charge in [0.15, 0.2) is 0 Å². The SMILES string of the molecule is O=C(CCC(=O)OCc1ccc(S(=O)(=O)N2CCOCC2)cc1)Nc1ccc(Br)c2cccnc12. The number of fused-ring (bicyclic) bond motifs is 1. The van der Waals surface area contributed by atoms with E-state index in [2.05, 4.69) is 26.2 Å². The molecule has 1 amide bonds. The standard InChI is InChI=1S/C24H24BrN3O6S/c25-20-7-8-21(24-19(20)2-1-11-26-24)27-22(29)9-10-23(30)34-16-17-3-5-18(6-4-17)35(31,32)28-12-14-33-15-13-28/h1-8,11H,9-10,12-16H2,(H,27,29). The van der Waals surface area contributed by atoms with Crippen LogP contribution in [0.3, 0.4) is 0 Å². The van der Waals surface area contributed by atoms with E-state index in [-0.39, 0.29) is 30.3 Å². The van der Waals surface area contributed by atoms with Crippen LogP contribution in [0.5, 0.6) is 0 Å². The van der Waals surface area contributed by atoms with Gasteiger partial charge in [-0.05, 0) is 35.9 Å². The highest BCUT2D eigenvalue weighted by atomic mass is 79.9. The molecule has 2 heterocycles. The fourth-order valence-corrected chi connectivity index (χ4v) is 5.46. The summed E-state index contributed by atoms with van der Waals surface area (Å²) in [6, 6.07) is 13.5. The second-order valence-electron chi connectivity index (χ2n) is 7.86. The lowest BCUT2D eigenvalue weighted by molar-refractivity contribution is -0.145. The van der Waals surface area contributed by atoms with E-state index in [1.54, 1.807) is 24.4 Å². The first-order valence-corrected chi connectivity index (χ1v) is 13.2. The number of amides is 1. The van der Waals surface area contributed by atoms with Gasteiger partial charge in [-0.1, -0.05) is 34.1 Å². The van der Waals surface area contributed by atoms with Crippen molar-refractivity contribution in [3.63, 3.8) is 0 Å². The molecular weight excluding hydrogens is 538 g/mol. The first-order chi connectivity index (χ1) is 16.8. The number of nitrogens with one attached hydrogen (secondary N) is 1. The van der Waals surface area contributed by atoms with E-state index < -0.39 is 16.0 Å². The normalized spacial score (nSPS) is 14.5. The maximum Gasteiger partial charge on any atom is 0.306 e. The molecule has 0 unspecified atom stereocenters. The molecule has 1 N–H and O–H groups in total. The van der Waals surface area contributed by atoms with E-state index in [0.717, 1.165) is 9.86 Å². The smallest absolute Gasteiger partial charge is 0.306 e. The number of hydrogen-bond donors (Lipinski definition) is 1. The lowest BCUT2D eigenvalue weighted by atomic mass is 10.2. The fraction of sp³-hybridized carbons (Fsp3) is 0.292. The molecule has 0 atom stereocenters. The first kappa shape index (κ1) is 25.2. The van der Waals surface area contributed by atoms with Crippen LogP contribution in [-0.2, 0) is 35.7 Å². The predicted octanol–water partition coefficient (Wildman–Crippen LogP) is 3.48. The van der Waals surface area contributed by atoms with Crippen LogP contribution < -0.4 is 5.32 Å². The van der Waals surface area contributed by atoms with Crippen molar-refractivity contribution in [2.45, 2.75) is 24.3 Å². The summed E-state index contributed by atoms with van der Waals surface area (Å²) in [4.78, 5) is 29.0. The number of pyridine rings is 1. The Labute approximate surface area is 211 Å². The predicted molar refractivity (Wildman–Crippen MR) is 133 cm³/mol. The zero-order chi connectivity index (χ0) is 24.8. The molecule has 35 heavy (non-hydrogen) atoms. The van der Waals surface area contributed by atoms with Crippen LogP contribution in [0, 0.1) is 0 Å². The van der Waals surface area contributed by atoms with Crippen molar-refractivity contribution in [2.75, 3.05) is 31.6 Å². The molecule has 0 bridgehead atoms. The summed E-state index contributed by atoms with van der Waals surface area (Å²) in [5.74, 6) is -0.849. The zero-order valence-electron chi connectivity index (χ0n) is 18.8. The first-order valence-electron chi connectivity index (χ1n) is 11.0. The highest BCUT2D eigenvalue weighted by Gasteiger charge is 2.26. The fourth-order valence-electron chi connectivity index (χ4n) is 3.60. The van der Waals surface area contributed by atoms with Crippen LogP contribution in [0.4, 0.5) is 5.69 Å². The maximum atomic E-state index is 12.7. The van der Waals surface area contributed by atoms with Crippen LogP contribution in [-0.4, -0.2) is 55.9 Å². The van der Waals surface area contributed by atoms with Crippen LogP contribution in [0.2, 0.25) is 0 Å². The average molecular weight is 562 g/mol. The quantitative estimate of drug-likeness (QED) is 0.418. The number of aromatic nitrogens is 1. The van der Waals surface area contributed by atoms with Crippen molar-refractivity contribution >= 4 is 54.4 Å². The number of rotatable bonds is 8. The van der Waals surface area contributed by atoms with E-state index in [0.29, 0.717) is 43.1 Å². The molecule has 184 valence electrons. The van der Waals surface area contributed by atoms with Crippen LogP contribution in [0.25, 0.3) is 10.9 Å². The molecule has 1 aliphatic heterocycles. The van der Waals surface area contributed by atoms with Gasteiger partial charge in [0.2, 0.25) is 15.9 Å². The summed E-state index contributed by atoms with van der Waals surface area (Å²) in [7, 11) is -3.58. The van der Waals surface area contributed by atoms with Crippen molar-refractivity contribution in [1.29, 1.82) is 0 Å². The molecule has 0 saturated carbocycles. The Morgan fingerprint density at radius 3 is 2.54 bits per heavy atom. The molecule has 0 spiro atoms. The number of anilines is 1. The largest absolute Gasteiger partial charge is 0.461 e. The van der Waals surface area contributed by atoms with Crippen LogP contribution in [0.1, 0.15) is 18.4 Å². The van der Waals surface area contributed by atoms with Gasteiger partial charge in [-0.25, -0.2) is 8.42 Å². The third-order valence-electron chi connectivity index (χ3n) is 5.48. The van der Waals surface area contributed by atoms with E-state index in [4.69, 9.17) is 9.47 Å². The Bertz CT molecular complexity index is 1320. The number of carbonyl (C=O) groups excluding carboxylic acids is 2. The van der Waals surface area contributed by atoms with Gasteiger partial charge >= 0.3 is 5.97 Å². The molecule has 2 aromatic carbocycles. The number of ether oxygens (including phenoxy) is 2. The molecule has 1 fully saturated rings. The van der Waals surface area contributed by atoms with Crippen molar-refractivity contribution in [2.24, 2.45) is 0 Å². The summed E-state index contributed by atoms with van der Waals surface area (Å²) in [6.07, 6.45) is 1.52. The van der Waals surface area contributed by atoms with E-state index in [9.17, 15) is 18.0 Å². The molecule has 1 aliphatic rings. The molecule has 1 aromatic heterocycles. The number of halogens is 1. The molecular formula is C24H24BrN3O6S. The van der Waals surface area contributed by atoms with Gasteiger partial charge in [-0.3, -0.25) is 14.6 Å². The Hall–Kier alpha value is -2.86. The molecule has 1 saturated heterocycles. The Kier molecular flexibility index (Phi) is 8.11. The number of nitrogens with zero attached hydrogens (tertiary/aromatic N) is 2. The number of esters is 1. The summed E-state index contributed by atoms with van der Waals surface area (Å²) < 4.78 is 38.1. The summed E-state index contributed by atoms with van der Waals surface area (Å²) in [5, 5.41) is 3.66. The van der Waals surface area contributed by atoms with Gasteiger partial charge in [-0.15, -0.1) is 0 Å². The number of carbonyl (C=O) groups is 2. The van der Waals surface area contributed by atoms with Gasteiger partial charge in [0.25, 0.3) is 0 Å². The Balaban J connectivity index is 1.26. The van der Waals surface area contributed by atoms with Gasteiger partial charge in [-0.2, -0.15) is 4.31 Å². The van der Waals surface area contributed by atoms with E-state index in [1.807, 2.05) is 18.2 Å². The minimum Gasteiger partial charge on any atom is -0.461 e. The summed E-state index contributed by atoms with van der Waals surface area (Å²) in [5.41, 5.74) is 1.86. The topological polar surface area (TPSA) is 115 Å². The zero-order valence-corrected chi connectivity index (χ0v) is 21.2. The molecule has 4 rings (SSSR count). The Morgan fingerprint density at radius 2 is 1.80 bits per heavy atom. The lowest BCUT2D eigenvalue weighted by Crippen LogP contribution is -2.40. The minimum absolute atomic E-state index is 0.0143. The molecule has 0 radical (unpaired) electrons. The van der Waals surface area contributed by atoms with Crippen LogP contribution in [0.15, 0.2) is 64.1 Å². The number of sulfonamides is 1. The van der Waals surface area contributed by atoms with E-state index >= 15 is 0 Å². The maximum absolute atomic E-state index is 12.7. The number of morpholine rings is 1. The average Bonchev–Trinajstić information content (AvgIpc) is 2.89. The molecule has 9 nitrogen and oxygen atoms in total. The van der Waals surface area contributed by atoms with Gasteiger partial charge in [0.05, 0.1) is 35.7 Å². The van der Waals surface area contributed by atoms with Crippen LogP contribution >= 0.6 is 15.9 Å². The number of benzene rings is 2. The number of hydrogen-bond acceptors (Lipinski definition) is 7. The molecule has 3 aromatic rings. The van der Waals surface area contributed by atoms with Gasteiger partial charge < -0.3 is 14.8 Å². The Morgan fingerprint density at radius 1 is 1.06 bits per heavy atom. The van der Waals surface area contributed by atoms with Crippen molar-refractivity contribution in [1.82, 2.24) is 9.29 Å². The second-order valence-corrected chi connectivity index (χ2v) is 10.7. The van der Waals surface area contributed by atoms with Crippen molar-refractivity contribution in [3.8, 4) is 0 Å². The summed E-state index contributed by atoms with van der Waals surface area (Å²) >= 11 is 3.46. The van der Waals surface area contributed by atoms with Crippen molar-refractivity contribution in [3.05, 3.63) is 64.8 Å². The highest BCUT2D eigenvalue weighted by molar-refractivity contribution is 9.10. The summed E-state index contributed by atoms with van der Waals surface area (Å²) in [6.45, 7) is 1.39. The molecule has 0 aliphatic carbocycles. The van der Waals surface area contributed by atoms with E-state index in [1.165, 1.54) is 16.4 Å². The third kappa shape index (κ3) is 6.23. The second kappa shape index (κ2) is 11.3. The minimum atomic E-state index is -3.58. The molecule has 11 heteroatoms. The lowest BCUT2D eigenvalue weighted by Gasteiger charge is -2.26. The van der Waals surface area contributed by atoms with Gasteiger partial charge in [0.1, 0.15) is 6.61 Å². The monoisotopic (exact) mass is 561 g/mol. The van der Waals surface area contributed by atoms with Gasteiger partial charge in [0, 0.05) is 35.6 Å². The third-order valence-corrected chi connectivity index (χ3v) is 8.08.